The molecule has 1 saturated heterocycles. The molecule has 1 aromatic carbocycles. The zero-order valence-electron chi connectivity index (χ0n) is 7.96. The molecule has 2 rings (SSSR count). The van der Waals surface area contributed by atoms with Crippen LogP contribution in [0.4, 0.5) is 4.39 Å². The number of rotatable bonds is 1. The first-order valence-electron chi connectivity index (χ1n) is 5.00. The van der Waals surface area contributed by atoms with Crippen molar-refractivity contribution in [2.75, 3.05) is 6.54 Å². The highest BCUT2D eigenvalue weighted by Gasteiger charge is 2.19. The molecule has 1 heterocycles. The van der Waals surface area contributed by atoms with Crippen LogP contribution in [0.25, 0.3) is 0 Å². The van der Waals surface area contributed by atoms with Gasteiger partial charge in [0.2, 0.25) is 0 Å². The van der Waals surface area contributed by atoms with E-state index < -0.39 is 5.82 Å². The van der Waals surface area contributed by atoms with Crippen LogP contribution in [0.2, 0.25) is 0 Å². The van der Waals surface area contributed by atoms with E-state index in [-0.39, 0.29) is 11.8 Å². The van der Waals surface area contributed by atoms with Gasteiger partial charge in [-0.3, -0.25) is 0 Å². The van der Waals surface area contributed by atoms with Crippen LogP contribution in [0.15, 0.2) is 18.2 Å². The van der Waals surface area contributed by atoms with Crippen LogP contribution >= 0.6 is 0 Å². The first kappa shape index (κ1) is 9.46. The van der Waals surface area contributed by atoms with Gasteiger partial charge < -0.3 is 10.4 Å². The third-order valence-electron chi connectivity index (χ3n) is 2.70. The molecule has 0 aromatic heterocycles. The number of nitrogens with one attached hydrogen (secondary N) is 1. The van der Waals surface area contributed by atoms with E-state index in [1.165, 1.54) is 6.07 Å². The van der Waals surface area contributed by atoms with Crippen molar-refractivity contribution in [1.82, 2.24) is 5.32 Å². The number of benzene rings is 1. The first-order valence-corrected chi connectivity index (χ1v) is 5.00. The number of piperidine rings is 1. The van der Waals surface area contributed by atoms with E-state index in [1.807, 2.05) is 0 Å². The monoisotopic (exact) mass is 195 g/mol. The van der Waals surface area contributed by atoms with E-state index in [0.29, 0.717) is 5.56 Å². The topological polar surface area (TPSA) is 32.3 Å². The Balaban J connectivity index is 2.26. The smallest absolute Gasteiger partial charge is 0.165 e. The van der Waals surface area contributed by atoms with Crippen LogP contribution in [0, 0.1) is 5.82 Å². The number of phenols is 1. The number of halogens is 1. The molecule has 0 radical (unpaired) electrons. The van der Waals surface area contributed by atoms with Gasteiger partial charge in [-0.1, -0.05) is 18.6 Å². The van der Waals surface area contributed by atoms with Crippen molar-refractivity contribution >= 4 is 0 Å². The van der Waals surface area contributed by atoms with Crippen LogP contribution in [0.1, 0.15) is 30.9 Å². The Morgan fingerprint density at radius 2 is 2.21 bits per heavy atom. The third-order valence-corrected chi connectivity index (χ3v) is 2.70. The summed E-state index contributed by atoms with van der Waals surface area (Å²) in [4.78, 5) is 0. The zero-order valence-corrected chi connectivity index (χ0v) is 7.96. The Morgan fingerprint density at radius 1 is 1.36 bits per heavy atom. The lowest BCUT2D eigenvalue weighted by molar-refractivity contribution is 0.377. The van der Waals surface area contributed by atoms with E-state index in [4.69, 9.17) is 0 Å². The van der Waals surface area contributed by atoms with E-state index in [0.717, 1.165) is 25.8 Å². The fraction of sp³-hybridized carbons (Fsp3) is 0.455. The van der Waals surface area contributed by atoms with Gasteiger partial charge in [-0.2, -0.15) is 0 Å². The Morgan fingerprint density at radius 3 is 2.93 bits per heavy atom. The van der Waals surface area contributed by atoms with Gasteiger partial charge in [-0.15, -0.1) is 0 Å². The summed E-state index contributed by atoms with van der Waals surface area (Å²) in [5.74, 6) is -0.734. The maximum atomic E-state index is 13.1. The van der Waals surface area contributed by atoms with Crippen LogP contribution in [0.3, 0.4) is 0 Å². The molecular weight excluding hydrogens is 181 g/mol. The molecule has 0 aliphatic carbocycles. The Kier molecular flexibility index (Phi) is 2.68. The summed E-state index contributed by atoms with van der Waals surface area (Å²) in [5.41, 5.74) is 0.685. The molecule has 1 aromatic rings. The Hall–Kier alpha value is -1.09. The molecule has 1 atom stereocenters. The fourth-order valence-electron chi connectivity index (χ4n) is 1.93. The Bertz CT molecular complexity index is 321. The summed E-state index contributed by atoms with van der Waals surface area (Å²) in [7, 11) is 0. The van der Waals surface area contributed by atoms with Gasteiger partial charge in [-0.25, -0.2) is 4.39 Å². The average Bonchev–Trinajstić information content (AvgIpc) is 2.23. The zero-order chi connectivity index (χ0) is 9.97. The lowest BCUT2D eigenvalue weighted by atomic mass is 9.97. The number of phenolic OH excluding ortho intramolecular Hbond substituents is 1. The molecule has 3 heteroatoms. The van der Waals surface area contributed by atoms with Crippen molar-refractivity contribution < 1.29 is 9.50 Å². The van der Waals surface area contributed by atoms with Crippen LogP contribution in [-0.2, 0) is 0 Å². The predicted octanol–water partition coefficient (Wildman–Crippen LogP) is 2.35. The molecule has 0 saturated carbocycles. The SMILES string of the molecule is Oc1c(F)cccc1[C@@H]1CCCCN1. The minimum absolute atomic E-state index is 0.111. The van der Waals surface area contributed by atoms with Gasteiger partial charge in [0.1, 0.15) is 0 Å². The lowest BCUT2D eigenvalue weighted by Gasteiger charge is -2.24. The average molecular weight is 195 g/mol. The number of aromatic hydroxyl groups is 1. The number of hydrogen-bond donors (Lipinski definition) is 2. The second kappa shape index (κ2) is 3.96. The van der Waals surface area contributed by atoms with Crippen molar-refractivity contribution in [2.24, 2.45) is 0 Å². The molecule has 1 aliphatic heterocycles. The minimum Gasteiger partial charge on any atom is -0.505 e. The van der Waals surface area contributed by atoms with Crippen molar-refractivity contribution in [2.45, 2.75) is 25.3 Å². The highest BCUT2D eigenvalue weighted by Crippen LogP contribution is 2.31. The van der Waals surface area contributed by atoms with E-state index in [9.17, 15) is 9.50 Å². The molecule has 0 unspecified atom stereocenters. The van der Waals surface area contributed by atoms with Crippen molar-refractivity contribution in [3.8, 4) is 5.75 Å². The van der Waals surface area contributed by atoms with Crippen molar-refractivity contribution in [3.63, 3.8) is 0 Å². The van der Waals surface area contributed by atoms with Gasteiger partial charge in [0.25, 0.3) is 0 Å². The summed E-state index contributed by atoms with van der Waals surface area (Å²) < 4.78 is 13.1. The molecule has 1 aliphatic rings. The van der Waals surface area contributed by atoms with E-state index >= 15 is 0 Å². The molecule has 0 bridgehead atoms. The van der Waals surface area contributed by atoms with Gasteiger partial charge in [0, 0.05) is 11.6 Å². The fourth-order valence-corrected chi connectivity index (χ4v) is 1.93. The molecule has 14 heavy (non-hydrogen) atoms. The standard InChI is InChI=1S/C11H14FNO/c12-9-5-3-4-8(11(9)14)10-6-1-2-7-13-10/h3-5,10,13-14H,1-2,6-7H2/t10-/m0/s1. The molecule has 2 nitrogen and oxygen atoms in total. The summed E-state index contributed by atoms with van der Waals surface area (Å²) in [6, 6.07) is 4.81. The minimum atomic E-state index is -0.533. The van der Waals surface area contributed by atoms with E-state index in [1.54, 1.807) is 12.1 Å². The van der Waals surface area contributed by atoms with Gasteiger partial charge in [-0.05, 0) is 25.5 Å². The normalized spacial score (nSPS) is 22.2. The first-order chi connectivity index (χ1) is 6.79. The van der Waals surface area contributed by atoms with Gasteiger partial charge >= 0.3 is 0 Å². The highest BCUT2D eigenvalue weighted by molar-refractivity contribution is 5.36. The summed E-state index contributed by atoms with van der Waals surface area (Å²) in [5, 5.41) is 12.8. The summed E-state index contributed by atoms with van der Waals surface area (Å²) >= 11 is 0. The molecule has 0 spiro atoms. The molecule has 0 amide bonds. The molecule has 2 N–H and O–H groups in total. The Labute approximate surface area is 82.8 Å². The number of hydrogen-bond acceptors (Lipinski definition) is 2. The number of para-hydroxylation sites is 1. The third kappa shape index (κ3) is 1.73. The summed E-state index contributed by atoms with van der Waals surface area (Å²) in [6.07, 6.45) is 3.26. The quantitative estimate of drug-likeness (QED) is 0.721. The predicted molar refractivity (Wildman–Crippen MR) is 52.7 cm³/mol. The maximum absolute atomic E-state index is 13.1. The second-order valence-corrected chi connectivity index (χ2v) is 3.68. The van der Waals surface area contributed by atoms with Gasteiger partial charge in [0.15, 0.2) is 11.6 Å². The van der Waals surface area contributed by atoms with E-state index in [2.05, 4.69) is 5.32 Å². The van der Waals surface area contributed by atoms with Crippen molar-refractivity contribution in [3.05, 3.63) is 29.6 Å². The van der Waals surface area contributed by atoms with Crippen LogP contribution < -0.4 is 5.32 Å². The molecular formula is C11H14FNO. The lowest BCUT2D eigenvalue weighted by Crippen LogP contribution is -2.26. The van der Waals surface area contributed by atoms with Gasteiger partial charge in [0.05, 0.1) is 0 Å². The van der Waals surface area contributed by atoms with Crippen LogP contribution in [0.5, 0.6) is 5.75 Å². The maximum Gasteiger partial charge on any atom is 0.165 e. The second-order valence-electron chi connectivity index (χ2n) is 3.68. The highest BCUT2D eigenvalue weighted by atomic mass is 19.1. The largest absolute Gasteiger partial charge is 0.505 e. The van der Waals surface area contributed by atoms with Crippen LogP contribution in [-0.4, -0.2) is 11.7 Å². The van der Waals surface area contributed by atoms with Crippen molar-refractivity contribution in [1.29, 1.82) is 0 Å². The summed E-state index contributed by atoms with van der Waals surface area (Å²) in [6.45, 7) is 0.945. The molecule has 76 valence electrons. The molecule has 1 fully saturated rings.